The molecule has 8 unspecified atom stereocenters. The minimum atomic E-state index is -1.92. The monoisotopic (exact) mass is 636 g/mol. The summed E-state index contributed by atoms with van der Waals surface area (Å²) >= 11 is 0. The first-order chi connectivity index (χ1) is 21.7. The molecule has 1 spiro atoms. The van der Waals surface area contributed by atoms with Crippen LogP contribution < -0.4 is 0 Å². The van der Waals surface area contributed by atoms with Crippen LogP contribution in [0.5, 0.6) is 0 Å². The Kier molecular flexibility index (Phi) is 7.63. The smallest absolute Gasteiger partial charge is 0.374 e. The van der Waals surface area contributed by atoms with Gasteiger partial charge in [0.25, 0.3) is 0 Å². The molecule has 3 aliphatic rings. The molecule has 3 aromatic rings. The highest BCUT2D eigenvalue weighted by Crippen LogP contribution is 2.69. The summed E-state index contributed by atoms with van der Waals surface area (Å²) in [5.74, 6) is -3.81. The predicted molar refractivity (Wildman–Crippen MR) is 156 cm³/mol. The van der Waals surface area contributed by atoms with Crippen LogP contribution in [0.25, 0.3) is 0 Å². The van der Waals surface area contributed by atoms with E-state index in [0.29, 0.717) is 0 Å². The Morgan fingerprint density at radius 2 is 1.37 bits per heavy atom. The molecule has 3 heterocycles. The second kappa shape index (κ2) is 11.1. The lowest BCUT2D eigenvalue weighted by Gasteiger charge is -2.65. The third-order valence-electron chi connectivity index (χ3n) is 9.84. The number of carbonyl (C=O) groups excluding carboxylic acids is 4. The van der Waals surface area contributed by atoms with Crippen LogP contribution in [0.4, 0.5) is 0 Å². The van der Waals surface area contributed by atoms with Gasteiger partial charge in [-0.05, 0) is 70.5 Å². The van der Waals surface area contributed by atoms with Crippen molar-refractivity contribution in [2.75, 3.05) is 0 Å². The normalized spacial score (nSPS) is 34.2. The molecule has 12 nitrogen and oxygen atoms in total. The molecule has 0 radical (unpaired) electrons. The summed E-state index contributed by atoms with van der Waals surface area (Å²) in [7, 11) is 0. The van der Waals surface area contributed by atoms with Gasteiger partial charge in [-0.1, -0.05) is 18.2 Å². The Hall–Kier alpha value is -4.42. The molecule has 8 atom stereocenters. The summed E-state index contributed by atoms with van der Waals surface area (Å²) in [6.07, 6.45) is -2.42. The average molecular weight is 637 g/mol. The van der Waals surface area contributed by atoms with Gasteiger partial charge in [-0.15, -0.1) is 0 Å². The van der Waals surface area contributed by atoms with Gasteiger partial charge >= 0.3 is 23.9 Å². The molecule has 1 saturated heterocycles. The number of esters is 4. The molecule has 2 aromatic heterocycles. The number of hydrogen-bond donors (Lipinski definition) is 1. The van der Waals surface area contributed by atoms with E-state index in [9.17, 15) is 24.3 Å². The first-order valence-corrected chi connectivity index (χ1v) is 15.1. The second-order valence-corrected chi connectivity index (χ2v) is 13.1. The summed E-state index contributed by atoms with van der Waals surface area (Å²) < 4.78 is 41.7. The second-order valence-electron chi connectivity index (χ2n) is 13.1. The van der Waals surface area contributed by atoms with Crippen molar-refractivity contribution in [1.82, 2.24) is 0 Å². The quantitative estimate of drug-likeness (QED) is 0.286. The van der Waals surface area contributed by atoms with E-state index < -0.39 is 76.4 Å². The molecule has 6 rings (SSSR count). The van der Waals surface area contributed by atoms with Crippen molar-refractivity contribution in [3.05, 3.63) is 84.2 Å². The lowest BCUT2D eigenvalue weighted by Crippen LogP contribution is -2.81. The van der Waals surface area contributed by atoms with Gasteiger partial charge in [0.1, 0.15) is 23.9 Å². The number of furan rings is 2. The molecule has 12 heteroatoms. The number of carbonyl (C=O) groups is 4. The molecule has 46 heavy (non-hydrogen) atoms. The molecule has 1 N–H and O–H groups in total. The molecule has 2 bridgehead atoms. The number of ether oxygens (including phenoxy) is 5. The Morgan fingerprint density at radius 1 is 0.761 bits per heavy atom. The highest BCUT2D eigenvalue weighted by atomic mass is 16.6. The van der Waals surface area contributed by atoms with Crippen molar-refractivity contribution in [2.45, 2.75) is 88.7 Å². The van der Waals surface area contributed by atoms with Gasteiger partial charge in [0, 0.05) is 19.3 Å². The fourth-order valence-corrected chi connectivity index (χ4v) is 7.91. The topological polar surface area (TPSA) is 161 Å². The fourth-order valence-electron chi connectivity index (χ4n) is 7.91. The predicted octanol–water partition coefficient (Wildman–Crippen LogP) is 4.51. The fraction of sp³-hybridized carbons (Fsp3) is 0.471. The Labute approximate surface area is 264 Å². The van der Waals surface area contributed by atoms with Crippen molar-refractivity contribution in [2.24, 2.45) is 11.3 Å². The number of rotatable bonds is 7. The zero-order chi connectivity index (χ0) is 33.1. The van der Waals surface area contributed by atoms with Crippen molar-refractivity contribution in [3.63, 3.8) is 0 Å². The molecule has 1 aliphatic heterocycles. The summed E-state index contributed by atoms with van der Waals surface area (Å²) in [4.78, 5) is 53.0. The third-order valence-corrected chi connectivity index (χ3v) is 9.84. The maximum atomic E-state index is 13.4. The first-order valence-electron chi connectivity index (χ1n) is 15.1. The summed E-state index contributed by atoms with van der Waals surface area (Å²) in [6.45, 7) is 7.89. The van der Waals surface area contributed by atoms with Crippen molar-refractivity contribution in [1.29, 1.82) is 0 Å². The lowest BCUT2D eigenvalue weighted by atomic mass is 9.47. The van der Waals surface area contributed by atoms with Crippen LogP contribution in [-0.2, 0) is 28.5 Å². The van der Waals surface area contributed by atoms with E-state index in [4.69, 9.17) is 32.5 Å². The van der Waals surface area contributed by atoms with Gasteiger partial charge in [0.15, 0.2) is 6.10 Å². The van der Waals surface area contributed by atoms with E-state index in [-0.39, 0.29) is 29.9 Å². The van der Waals surface area contributed by atoms with E-state index in [1.807, 2.05) is 0 Å². The molecular formula is C34H36O12. The molecule has 244 valence electrons. The summed E-state index contributed by atoms with van der Waals surface area (Å²) in [5, 5.41) is 12.6. The van der Waals surface area contributed by atoms with Crippen molar-refractivity contribution < 1.29 is 56.8 Å². The van der Waals surface area contributed by atoms with Gasteiger partial charge in [0.05, 0.1) is 34.7 Å². The van der Waals surface area contributed by atoms with Crippen LogP contribution in [0.2, 0.25) is 0 Å². The van der Waals surface area contributed by atoms with E-state index >= 15 is 0 Å². The van der Waals surface area contributed by atoms with Crippen LogP contribution >= 0.6 is 0 Å². The van der Waals surface area contributed by atoms with Gasteiger partial charge in [-0.2, -0.15) is 0 Å². The van der Waals surface area contributed by atoms with E-state index in [0.717, 1.165) is 0 Å². The number of fused-ring (bicyclic) bond motifs is 1. The minimum Gasteiger partial charge on any atom is -0.458 e. The van der Waals surface area contributed by atoms with E-state index in [1.54, 1.807) is 51.1 Å². The van der Waals surface area contributed by atoms with Crippen LogP contribution in [-0.4, -0.2) is 70.2 Å². The van der Waals surface area contributed by atoms with Crippen LogP contribution in [0.1, 0.15) is 78.9 Å². The largest absolute Gasteiger partial charge is 0.458 e. The third kappa shape index (κ3) is 4.82. The maximum Gasteiger partial charge on any atom is 0.374 e. The Balaban J connectivity index is 1.51. The van der Waals surface area contributed by atoms with Gasteiger partial charge in [0.2, 0.25) is 11.5 Å². The zero-order valence-corrected chi connectivity index (χ0v) is 26.1. The number of hydrogen-bond acceptors (Lipinski definition) is 12. The summed E-state index contributed by atoms with van der Waals surface area (Å²) in [6, 6.07) is 14.2. The molecule has 3 fully saturated rings. The first kappa shape index (κ1) is 31.6. The zero-order valence-electron chi connectivity index (χ0n) is 26.1. The van der Waals surface area contributed by atoms with Gasteiger partial charge in [-0.3, -0.25) is 4.79 Å². The minimum absolute atomic E-state index is 0.0565. The molecular weight excluding hydrogens is 600 g/mol. The number of benzene rings is 1. The van der Waals surface area contributed by atoms with E-state index in [1.165, 1.54) is 50.6 Å². The molecule has 0 amide bonds. The Bertz CT molecular complexity index is 1610. The SMILES string of the molecule is CC(=O)OC1C(OC(=O)c2ccccc2)CC(C)(O)C23OC(C)(C)C(CC(OC(=O)c4ccco4)C12C)C3OC(=O)c1ccco1. The molecule has 2 aliphatic carbocycles. The number of aliphatic hydroxyl groups is 1. The van der Waals surface area contributed by atoms with Gasteiger partial charge in [-0.25, -0.2) is 14.4 Å². The van der Waals surface area contributed by atoms with Crippen LogP contribution in [0.15, 0.2) is 76.0 Å². The molecule has 1 aromatic carbocycles. The van der Waals surface area contributed by atoms with Crippen LogP contribution in [0.3, 0.4) is 0 Å². The highest BCUT2D eigenvalue weighted by molar-refractivity contribution is 5.89. The van der Waals surface area contributed by atoms with Crippen molar-refractivity contribution in [3.8, 4) is 0 Å². The van der Waals surface area contributed by atoms with E-state index in [2.05, 4.69) is 0 Å². The maximum absolute atomic E-state index is 13.4. The highest BCUT2D eigenvalue weighted by Gasteiger charge is 2.84. The summed E-state index contributed by atoms with van der Waals surface area (Å²) in [5.41, 5.74) is -6.28. The standard InChI is InChI=1S/C34H36O12/c1-19(35)42-27-24(43-28(36)20-11-7-6-8-12-20)18-32(4,39)34-26(45-30(38)23-14-10-16-41-23)21(31(2,3)46-34)17-25(33(27,34)5)44-29(37)22-13-9-15-40-22/h6-16,21,24-27,39H,17-18H2,1-5H3. The lowest BCUT2D eigenvalue weighted by molar-refractivity contribution is -0.342. The average Bonchev–Trinajstić information content (AvgIpc) is 3.76. The van der Waals surface area contributed by atoms with Gasteiger partial charge < -0.3 is 37.6 Å². The Morgan fingerprint density at radius 3 is 1.93 bits per heavy atom. The molecule has 2 saturated carbocycles. The van der Waals surface area contributed by atoms with Crippen LogP contribution in [0, 0.1) is 11.3 Å². The van der Waals surface area contributed by atoms with Crippen molar-refractivity contribution >= 4 is 23.9 Å².